The van der Waals surface area contributed by atoms with Gasteiger partial charge in [0.25, 0.3) is 5.69 Å². The molecule has 7 heteroatoms. The minimum Gasteiger partial charge on any atom is -0.462 e. The standard InChI is InChI=1S/C10H7IN2O4/c1-2-17-10(14)9-7(11)3-6(5-12)4-8(9)13(15)16/h3-4H,2H2,1H3. The van der Waals surface area contributed by atoms with Gasteiger partial charge in [-0.25, -0.2) is 4.79 Å². The lowest BCUT2D eigenvalue weighted by Gasteiger charge is -2.05. The second kappa shape index (κ2) is 5.58. The number of nitro groups is 1. The Hall–Kier alpha value is -1.69. The molecular weight excluding hydrogens is 339 g/mol. The van der Waals surface area contributed by atoms with Crippen molar-refractivity contribution in [3.63, 3.8) is 0 Å². The van der Waals surface area contributed by atoms with E-state index < -0.39 is 16.6 Å². The second-order valence-corrected chi connectivity index (χ2v) is 4.10. The number of hydrogen-bond acceptors (Lipinski definition) is 5. The van der Waals surface area contributed by atoms with Crippen LogP contribution in [0, 0.1) is 25.0 Å². The average molecular weight is 346 g/mol. The lowest BCUT2D eigenvalue weighted by atomic mass is 10.1. The van der Waals surface area contributed by atoms with E-state index in [9.17, 15) is 14.9 Å². The molecule has 0 bridgehead atoms. The number of nitrogens with zero attached hydrogens (tertiary/aromatic N) is 2. The van der Waals surface area contributed by atoms with Crippen molar-refractivity contribution in [3.8, 4) is 6.07 Å². The first-order chi connectivity index (χ1) is 8.01. The molecule has 1 aromatic carbocycles. The quantitative estimate of drug-likeness (QED) is 0.362. The van der Waals surface area contributed by atoms with Crippen molar-refractivity contribution in [2.24, 2.45) is 0 Å². The summed E-state index contributed by atoms with van der Waals surface area (Å²) in [4.78, 5) is 21.7. The van der Waals surface area contributed by atoms with Gasteiger partial charge in [-0.05, 0) is 35.6 Å². The number of carbonyl (C=O) groups excluding carboxylic acids is 1. The summed E-state index contributed by atoms with van der Waals surface area (Å²) in [6.45, 7) is 1.74. The number of esters is 1. The molecule has 1 rings (SSSR count). The smallest absolute Gasteiger partial charge is 0.346 e. The maximum Gasteiger partial charge on any atom is 0.346 e. The molecule has 0 saturated heterocycles. The van der Waals surface area contributed by atoms with Crippen LogP contribution in [0.25, 0.3) is 0 Å². The highest BCUT2D eigenvalue weighted by Gasteiger charge is 2.25. The van der Waals surface area contributed by atoms with Crippen LogP contribution in [0.4, 0.5) is 5.69 Å². The van der Waals surface area contributed by atoms with Gasteiger partial charge in [0.05, 0.1) is 23.2 Å². The maximum atomic E-state index is 11.6. The van der Waals surface area contributed by atoms with E-state index in [-0.39, 0.29) is 17.7 Å². The molecule has 0 atom stereocenters. The molecule has 0 fully saturated rings. The molecule has 0 radical (unpaired) electrons. The van der Waals surface area contributed by atoms with E-state index >= 15 is 0 Å². The summed E-state index contributed by atoms with van der Waals surface area (Å²) in [7, 11) is 0. The monoisotopic (exact) mass is 346 g/mol. The Labute approximate surface area is 110 Å². The van der Waals surface area contributed by atoms with Crippen molar-refractivity contribution >= 4 is 34.2 Å². The number of nitro benzene ring substituents is 1. The van der Waals surface area contributed by atoms with Gasteiger partial charge in [0.2, 0.25) is 0 Å². The Morgan fingerprint density at radius 3 is 2.76 bits per heavy atom. The van der Waals surface area contributed by atoms with Gasteiger partial charge in [0, 0.05) is 9.64 Å². The lowest BCUT2D eigenvalue weighted by molar-refractivity contribution is -0.385. The molecule has 0 saturated carbocycles. The summed E-state index contributed by atoms with van der Waals surface area (Å²) < 4.78 is 5.07. The largest absolute Gasteiger partial charge is 0.462 e. The molecule has 0 unspecified atom stereocenters. The Morgan fingerprint density at radius 1 is 1.65 bits per heavy atom. The van der Waals surface area contributed by atoms with E-state index in [2.05, 4.69) is 0 Å². The highest BCUT2D eigenvalue weighted by molar-refractivity contribution is 14.1. The minimum absolute atomic E-state index is 0.114. The first-order valence-corrected chi connectivity index (χ1v) is 5.64. The van der Waals surface area contributed by atoms with Crippen molar-refractivity contribution in [2.45, 2.75) is 6.92 Å². The molecule has 0 spiro atoms. The number of carbonyl (C=O) groups is 1. The van der Waals surface area contributed by atoms with Crippen LogP contribution in [0.15, 0.2) is 12.1 Å². The predicted octanol–water partition coefficient (Wildman–Crippen LogP) is 2.25. The predicted molar refractivity (Wildman–Crippen MR) is 66.5 cm³/mol. The third kappa shape index (κ3) is 2.91. The fourth-order valence-corrected chi connectivity index (χ4v) is 2.04. The minimum atomic E-state index is -0.756. The van der Waals surface area contributed by atoms with E-state index in [4.69, 9.17) is 10.00 Å². The number of ether oxygens (including phenoxy) is 1. The number of rotatable bonds is 3. The zero-order valence-electron chi connectivity index (χ0n) is 8.77. The van der Waals surface area contributed by atoms with Crippen LogP contribution in [0.1, 0.15) is 22.8 Å². The van der Waals surface area contributed by atoms with Gasteiger partial charge in [0.15, 0.2) is 5.56 Å². The van der Waals surface area contributed by atoms with Crippen LogP contribution in [0.2, 0.25) is 0 Å². The highest BCUT2D eigenvalue weighted by atomic mass is 127. The van der Waals surface area contributed by atoms with Gasteiger partial charge in [0.1, 0.15) is 0 Å². The molecule has 0 aliphatic heterocycles. The van der Waals surface area contributed by atoms with Gasteiger partial charge >= 0.3 is 5.97 Å². The van der Waals surface area contributed by atoms with Gasteiger partial charge < -0.3 is 4.74 Å². The molecule has 0 aliphatic carbocycles. The molecule has 0 N–H and O–H groups in total. The van der Waals surface area contributed by atoms with Crippen molar-refractivity contribution < 1.29 is 14.5 Å². The third-order valence-corrected chi connectivity index (χ3v) is 2.73. The van der Waals surface area contributed by atoms with Crippen molar-refractivity contribution in [2.75, 3.05) is 6.61 Å². The van der Waals surface area contributed by atoms with Crippen LogP contribution in [0.5, 0.6) is 0 Å². The second-order valence-electron chi connectivity index (χ2n) is 2.94. The molecule has 0 aliphatic rings. The van der Waals surface area contributed by atoms with Crippen molar-refractivity contribution in [1.29, 1.82) is 5.26 Å². The Kier molecular flexibility index (Phi) is 4.39. The molecule has 0 aromatic heterocycles. The van der Waals surface area contributed by atoms with Crippen LogP contribution in [-0.4, -0.2) is 17.5 Å². The Bertz CT molecular complexity index is 522. The van der Waals surface area contributed by atoms with E-state index in [1.165, 1.54) is 6.07 Å². The van der Waals surface area contributed by atoms with Crippen LogP contribution < -0.4 is 0 Å². The van der Waals surface area contributed by atoms with Crippen molar-refractivity contribution in [3.05, 3.63) is 36.9 Å². The topological polar surface area (TPSA) is 93.2 Å². The zero-order valence-corrected chi connectivity index (χ0v) is 10.9. The zero-order chi connectivity index (χ0) is 13.0. The summed E-state index contributed by atoms with van der Waals surface area (Å²) in [6.07, 6.45) is 0. The first kappa shape index (κ1) is 13.4. The summed E-state index contributed by atoms with van der Waals surface area (Å²) in [5, 5.41) is 19.5. The van der Waals surface area contributed by atoms with Gasteiger partial charge in [-0.3, -0.25) is 10.1 Å². The number of nitriles is 1. The van der Waals surface area contributed by atoms with E-state index in [0.29, 0.717) is 3.57 Å². The van der Waals surface area contributed by atoms with E-state index in [1.807, 2.05) is 0 Å². The Balaban J connectivity index is 3.43. The number of benzene rings is 1. The number of hydrogen-bond donors (Lipinski definition) is 0. The normalized spacial score (nSPS) is 9.47. The van der Waals surface area contributed by atoms with Crippen LogP contribution in [-0.2, 0) is 4.74 Å². The van der Waals surface area contributed by atoms with Gasteiger partial charge in [-0.15, -0.1) is 0 Å². The van der Waals surface area contributed by atoms with Gasteiger partial charge in [-0.2, -0.15) is 5.26 Å². The number of halogens is 1. The van der Waals surface area contributed by atoms with E-state index in [1.54, 1.807) is 35.6 Å². The molecule has 6 nitrogen and oxygen atoms in total. The fourth-order valence-electron chi connectivity index (χ4n) is 1.21. The summed E-state index contributed by atoms with van der Waals surface area (Å²) in [5.74, 6) is -0.756. The van der Waals surface area contributed by atoms with Crippen molar-refractivity contribution in [1.82, 2.24) is 0 Å². The molecule has 0 heterocycles. The summed E-state index contributed by atoms with van der Waals surface area (Å²) >= 11 is 1.77. The van der Waals surface area contributed by atoms with Gasteiger partial charge in [-0.1, -0.05) is 0 Å². The highest BCUT2D eigenvalue weighted by Crippen LogP contribution is 2.26. The molecule has 88 valence electrons. The lowest BCUT2D eigenvalue weighted by Crippen LogP contribution is -2.10. The first-order valence-electron chi connectivity index (χ1n) is 4.56. The third-order valence-electron chi connectivity index (χ3n) is 1.87. The summed E-state index contributed by atoms with van der Waals surface area (Å²) in [6, 6.07) is 4.27. The molecule has 17 heavy (non-hydrogen) atoms. The van der Waals surface area contributed by atoms with Crippen LogP contribution in [0.3, 0.4) is 0 Å². The Morgan fingerprint density at radius 2 is 2.29 bits per heavy atom. The molecular formula is C10H7IN2O4. The SMILES string of the molecule is CCOC(=O)c1c(I)cc(C#N)cc1[N+](=O)[O-]. The van der Waals surface area contributed by atoms with Crippen LogP contribution >= 0.6 is 22.6 Å². The maximum absolute atomic E-state index is 11.6. The summed E-state index contributed by atoms with van der Waals surface area (Å²) in [5.41, 5.74) is -0.391. The fraction of sp³-hybridized carbons (Fsp3) is 0.200. The molecule has 1 aromatic rings. The van der Waals surface area contributed by atoms with E-state index in [0.717, 1.165) is 6.07 Å². The molecule has 0 amide bonds. The average Bonchev–Trinajstić information content (AvgIpc) is 2.27.